The second-order valence-corrected chi connectivity index (χ2v) is 9.72. The molecule has 12 heteroatoms. The zero-order valence-electron chi connectivity index (χ0n) is 16.8. The number of aliphatic hydroxyl groups is 1. The molecular formula is C20H20BrF3N2O5S. The van der Waals surface area contributed by atoms with Gasteiger partial charge in [-0.25, -0.2) is 13.2 Å². The van der Waals surface area contributed by atoms with Gasteiger partial charge in [-0.15, -0.1) is 0 Å². The van der Waals surface area contributed by atoms with Gasteiger partial charge >= 0.3 is 12.1 Å². The molecule has 1 atom stereocenters. The summed E-state index contributed by atoms with van der Waals surface area (Å²) in [5.41, 5.74) is -1.15. The minimum atomic E-state index is -4.69. The lowest BCUT2D eigenvalue weighted by Gasteiger charge is -2.33. The summed E-state index contributed by atoms with van der Waals surface area (Å²) in [5, 5.41) is 9.96. The molecular weight excluding hydrogens is 517 g/mol. The molecule has 0 amide bonds. The van der Waals surface area contributed by atoms with Gasteiger partial charge in [-0.2, -0.15) is 13.2 Å². The predicted molar refractivity (Wildman–Crippen MR) is 115 cm³/mol. The smallest absolute Gasteiger partial charge is 0.416 e. The van der Waals surface area contributed by atoms with Gasteiger partial charge in [-0.1, -0.05) is 0 Å². The molecule has 0 spiro atoms. The summed E-state index contributed by atoms with van der Waals surface area (Å²) in [5.74, 6) is -0.768. The van der Waals surface area contributed by atoms with Gasteiger partial charge in [0.15, 0.2) is 0 Å². The lowest BCUT2D eigenvalue weighted by atomic mass is 10.1. The van der Waals surface area contributed by atoms with Crippen molar-refractivity contribution in [1.82, 2.24) is 0 Å². The molecule has 1 heterocycles. The molecule has 7 nitrogen and oxygen atoms in total. The Morgan fingerprint density at radius 3 is 2.59 bits per heavy atom. The van der Waals surface area contributed by atoms with Crippen molar-refractivity contribution in [3.8, 4) is 0 Å². The predicted octanol–water partition coefficient (Wildman–Crippen LogP) is 4.02. The third-order valence-corrected chi connectivity index (χ3v) is 7.31. The maximum Gasteiger partial charge on any atom is 0.416 e. The van der Waals surface area contributed by atoms with Crippen LogP contribution in [-0.2, 0) is 20.9 Å². The molecule has 2 N–H and O–H groups in total. The SMILES string of the molecule is COC(=O)c1ccc(Br)c(S(=O)(=O)Nc2cc(C(F)(F)F)ccc2N2CCC[C@@H](O)C2)c1. The topological polar surface area (TPSA) is 95.9 Å². The van der Waals surface area contributed by atoms with Crippen LogP contribution in [0.2, 0.25) is 0 Å². The van der Waals surface area contributed by atoms with E-state index in [9.17, 15) is 31.5 Å². The first-order valence-corrected chi connectivity index (χ1v) is 11.7. The number of nitrogens with one attached hydrogen (secondary N) is 1. The quantitative estimate of drug-likeness (QED) is 0.560. The number of rotatable bonds is 5. The van der Waals surface area contributed by atoms with E-state index in [-0.39, 0.29) is 32.9 Å². The summed E-state index contributed by atoms with van der Waals surface area (Å²) in [4.78, 5) is 13.1. The number of benzene rings is 2. The molecule has 1 saturated heterocycles. The van der Waals surface area contributed by atoms with Crippen LogP contribution in [0.25, 0.3) is 0 Å². The third kappa shape index (κ3) is 5.36. The van der Waals surface area contributed by atoms with Gasteiger partial charge < -0.3 is 14.7 Å². The van der Waals surface area contributed by atoms with Crippen molar-refractivity contribution in [3.63, 3.8) is 0 Å². The molecule has 3 rings (SSSR count). The Bertz CT molecular complexity index is 1120. The number of anilines is 2. The Labute approximate surface area is 191 Å². The molecule has 1 aliphatic heterocycles. The number of ether oxygens (including phenoxy) is 1. The first-order valence-electron chi connectivity index (χ1n) is 9.47. The van der Waals surface area contributed by atoms with E-state index in [1.165, 1.54) is 18.2 Å². The number of aliphatic hydroxyl groups excluding tert-OH is 1. The highest BCUT2D eigenvalue weighted by Crippen LogP contribution is 2.38. The summed E-state index contributed by atoms with van der Waals surface area (Å²) < 4.78 is 73.1. The van der Waals surface area contributed by atoms with Crippen molar-refractivity contribution in [3.05, 3.63) is 52.0 Å². The van der Waals surface area contributed by atoms with Crippen molar-refractivity contribution in [2.75, 3.05) is 29.8 Å². The van der Waals surface area contributed by atoms with Gasteiger partial charge in [-0.05, 0) is 65.2 Å². The highest BCUT2D eigenvalue weighted by atomic mass is 79.9. The van der Waals surface area contributed by atoms with E-state index in [1.807, 2.05) is 0 Å². The average molecular weight is 537 g/mol. The molecule has 0 radical (unpaired) electrons. The number of hydrogen-bond donors (Lipinski definition) is 2. The van der Waals surface area contributed by atoms with Crippen LogP contribution in [0.3, 0.4) is 0 Å². The fraction of sp³-hybridized carbons (Fsp3) is 0.350. The number of piperidine rings is 1. The Morgan fingerprint density at radius 1 is 1.25 bits per heavy atom. The van der Waals surface area contributed by atoms with Crippen molar-refractivity contribution < 1.29 is 36.2 Å². The lowest BCUT2D eigenvalue weighted by Crippen LogP contribution is -2.38. The fourth-order valence-corrected chi connectivity index (χ4v) is 5.45. The van der Waals surface area contributed by atoms with E-state index in [4.69, 9.17) is 0 Å². The van der Waals surface area contributed by atoms with E-state index in [2.05, 4.69) is 25.4 Å². The van der Waals surface area contributed by atoms with Gasteiger partial charge in [-0.3, -0.25) is 4.72 Å². The number of hydrogen-bond acceptors (Lipinski definition) is 6. The van der Waals surface area contributed by atoms with Crippen molar-refractivity contribution in [2.45, 2.75) is 30.0 Å². The zero-order valence-corrected chi connectivity index (χ0v) is 19.2. The standard InChI is InChI=1S/C20H20BrF3N2O5S/c1-31-19(28)12-4-6-15(21)18(9-12)32(29,30)25-16-10-13(20(22,23)24)5-7-17(16)26-8-2-3-14(27)11-26/h4-7,9-10,14,25,27H,2-3,8,11H2,1H3/t14-/m1/s1. The van der Waals surface area contributed by atoms with E-state index < -0.39 is 33.8 Å². The molecule has 0 aromatic heterocycles. The Balaban J connectivity index is 2.07. The molecule has 174 valence electrons. The fourth-order valence-electron chi connectivity index (χ4n) is 3.40. The first kappa shape index (κ1) is 24.3. The van der Waals surface area contributed by atoms with Crippen molar-refractivity contribution >= 4 is 43.3 Å². The monoisotopic (exact) mass is 536 g/mol. The van der Waals surface area contributed by atoms with Crippen molar-refractivity contribution in [2.24, 2.45) is 0 Å². The third-order valence-electron chi connectivity index (χ3n) is 4.95. The van der Waals surface area contributed by atoms with Gasteiger partial charge in [0.05, 0.1) is 35.7 Å². The number of sulfonamides is 1. The number of nitrogens with zero attached hydrogens (tertiary/aromatic N) is 1. The van der Waals surface area contributed by atoms with Gasteiger partial charge in [0.25, 0.3) is 10.0 Å². The van der Waals surface area contributed by atoms with Crippen LogP contribution in [-0.4, -0.2) is 45.8 Å². The normalized spacial score (nSPS) is 17.2. The summed E-state index contributed by atoms with van der Waals surface area (Å²) in [6, 6.07) is 6.50. The van der Waals surface area contributed by atoms with Crippen LogP contribution in [0.1, 0.15) is 28.8 Å². The summed E-state index contributed by atoms with van der Waals surface area (Å²) >= 11 is 3.11. The molecule has 1 aliphatic rings. The maximum atomic E-state index is 13.3. The van der Waals surface area contributed by atoms with Crippen LogP contribution in [0.15, 0.2) is 45.8 Å². The molecule has 32 heavy (non-hydrogen) atoms. The summed E-state index contributed by atoms with van der Waals surface area (Å²) in [6.45, 7) is 0.598. The molecule has 1 fully saturated rings. The molecule has 0 unspecified atom stereocenters. The molecule has 0 saturated carbocycles. The van der Waals surface area contributed by atoms with Gasteiger partial charge in [0.2, 0.25) is 0 Å². The number of carbonyl (C=O) groups excluding carboxylic acids is 1. The highest BCUT2D eigenvalue weighted by molar-refractivity contribution is 9.10. The minimum absolute atomic E-state index is 0.0421. The van der Waals surface area contributed by atoms with E-state index in [0.29, 0.717) is 25.5 Å². The van der Waals surface area contributed by atoms with Crippen LogP contribution in [0.5, 0.6) is 0 Å². The van der Waals surface area contributed by atoms with Crippen LogP contribution in [0.4, 0.5) is 24.5 Å². The second-order valence-electron chi connectivity index (χ2n) is 7.21. The van der Waals surface area contributed by atoms with Crippen LogP contribution >= 0.6 is 15.9 Å². The number of alkyl halides is 3. The molecule has 2 aromatic carbocycles. The molecule has 0 bridgehead atoms. The minimum Gasteiger partial charge on any atom is -0.465 e. The number of β-amino-alcohol motifs (C(OH)–C–C–N with tert-alkyl or cyclic N) is 1. The van der Waals surface area contributed by atoms with Crippen LogP contribution in [0, 0.1) is 0 Å². The Morgan fingerprint density at radius 2 is 1.97 bits per heavy atom. The lowest BCUT2D eigenvalue weighted by molar-refractivity contribution is -0.137. The zero-order chi connectivity index (χ0) is 23.7. The largest absolute Gasteiger partial charge is 0.465 e. The van der Waals surface area contributed by atoms with Gasteiger partial charge in [0, 0.05) is 17.6 Å². The van der Waals surface area contributed by atoms with Crippen LogP contribution < -0.4 is 9.62 Å². The summed E-state index contributed by atoms with van der Waals surface area (Å²) in [7, 11) is -3.27. The first-order chi connectivity index (χ1) is 14.9. The summed E-state index contributed by atoms with van der Waals surface area (Å²) in [6.07, 6.45) is -4.22. The Hall–Kier alpha value is -2.31. The number of halogens is 4. The second kappa shape index (κ2) is 9.28. The van der Waals surface area contributed by atoms with E-state index in [0.717, 1.165) is 19.2 Å². The molecule has 0 aliphatic carbocycles. The average Bonchev–Trinajstić information content (AvgIpc) is 2.72. The Kier molecular flexibility index (Phi) is 7.06. The van der Waals surface area contributed by atoms with Crippen molar-refractivity contribution in [1.29, 1.82) is 0 Å². The number of carbonyl (C=O) groups is 1. The number of methoxy groups -OCH3 is 1. The number of esters is 1. The van der Waals surface area contributed by atoms with E-state index in [1.54, 1.807) is 4.90 Å². The highest BCUT2D eigenvalue weighted by Gasteiger charge is 2.33. The van der Waals surface area contributed by atoms with Gasteiger partial charge in [0.1, 0.15) is 4.90 Å². The maximum absolute atomic E-state index is 13.3. The van der Waals surface area contributed by atoms with E-state index >= 15 is 0 Å². The molecule has 2 aromatic rings.